The highest BCUT2D eigenvalue weighted by Gasteiger charge is 2.24. The van der Waals surface area contributed by atoms with Crippen molar-refractivity contribution in [2.45, 2.75) is 12.5 Å². The van der Waals surface area contributed by atoms with Gasteiger partial charge in [-0.1, -0.05) is 18.2 Å². The summed E-state index contributed by atoms with van der Waals surface area (Å²) in [5.74, 6) is 0.510. The summed E-state index contributed by atoms with van der Waals surface area (Å²) in [6.07, 6.45) is 2.11. The van der Waals surface area contributed by atoms with Crippen LogP contribution in [0.4, 0.5) is 5.82 Å². The number of hydrogen-bond donors (Lipinski definition) is 1. The molecule has 2 heterocycles. The monoisotopic (exact) mass is 286 g/mol. The van der Waals surface area contributed by atoms with Crippen LogP contribution in [0.3, 0.4) is 0 Å². The Labute approximate surface area is 115 Å². The molecule has 1 N–H and O–H groups in total. The zero-order valence-corrected chi connectivity index (χ0v) is 11.1. The summed E-state index contributed by atoms with van der Waals surface area (Å²) in [4.78, 5) is 21.1. The summed E-state index contributed by atoms with van der Waals surface area (Å²) in [7, 11) is 0. The Morgan fingerprint density at radius 1 is 1.56 bits per heavy atom. The number of nitrogens with one attached hydrogen (secondary N) is 1. The van der Waals surface area contributed by atoms with Gasteiger partial charge in [0.1, 0.15) is 11.0 Å². The Bertz CT molecular complexity index is 460. The van der Waals surface area contributed by atoms with E-state index >= 15 is 0 Å². The Balaban J connectivity index is 2.04. The van der Waals surface area contributed by atoms with Crippen molar-refractivity contribution in [2.75, 3.05) is 18.0 Å². The van der Waals surface area contributed by atoms with Gasteiger partial charge in [0.2, 0.25) is 11.2 Å². The highest BCUT2D eigenvalue weighted by molar-refractivity contribution is 6.32. The van der Waals surface area contributed by atoms with Crippen molar-refractivity contribution >= 4 is 34.9 Å². The summed E-state index contributed by atoms with van der Waals surface area (Å²) in [6, 6.07) is 1.74. The molecule has 2 rings (SSSR count). The minimum Gasteiger partial charge on any atom is -0.354 e. The molecular weight excluding hydrogens is 275 g/mol. The van der Waals surface area contributed by atoms with Gasteiger partial charge in [0.05, 0.1) is 0 Å². The van der Waals surface area contributed by atoms with E-state index in [2.05, 4.69) is 21.9 Å². The van der Waals surface area contributed by atoms with E-state index in [-0.39, 0.29) is 17.2 Å². The average molecular weight is 287 g/mol. The van der Waals surface area contributed by atoms with Gasteiger partial charge in [-0.25, -0.2) is 9.97 Å². The Kier molecular flexibility index (Phi) is 4.04. The van der Waals surface area contributed by atoms with Crippen LogP contribution in [0.1, 0.15) is 6.42 Å². The van der Waals surface area contributed by atoms with Gasteiger partial charge in [-0.2, -0.15) is 0 Å². The third-order valence-electron chi connectivity index (χ3n) is 2.70. The van der Waals surface area contributed by atoms with Crippen LogP contribution in [0.5, 0.6) is 0 Å². The molecule has 1 atom stereocenters. The number of carbonyl (C=O) groups excluding carboxylic acids is 1. The van der Waals surface area contributed by atoms with Crippen LogP contribution in [-0.4, -0.2) is 35.0 Å². The van der Waals surface area contributed by atoms with Gasteiger partial charge < -0.3 is 10.2 Å². The minimum atomic E-state index is -0.166. The molecule has 96 valence electrons. The second kappa shape index (κ2) is 5.54. The standard InChI is InChI=1S/C11H12Cl2N4O/c1-2-10(18)14-7-3-4-17(6-7)9-5-8(12)15-11(13)16-9/h2,5,7H,1,3-4,6H2,(H,14,18). The fraction of sp³-hybridized carbons (Fsp3) is 0.364. The molecule has 1 aromatic rings. The number of aromatic nitrogens is 2. The first-order valence-electron chi connectivity index (χ1n) is 5.46. The number of nitrogens with zero attached hydrogens (tertiary/aromatic N) is 3. The average Bonchev–Trinajstić information content (AvgIpc) is 2.76. The lowest BCUT2D eigenvalue weighted by Gasteiger charge is -2.17. The number of hydrogen-bond acceptors (Lipinski definition) is 4. The first kappa shape index (κ1) is 13.1. The van der Waals surface area contributed by atoms with Crippen molar-refractivity contribution in [3.63, 3.8) is 0 Å². The van der Waals surface area contributed by atoms with Crippen LogP contribution in [0, 0.1) is 0 Å². The lowest BCUT2D eigenvalue weighted by atomic mass is 10.2. The molecule has 1 aliphatic rings. The first-order valence-corrected chi connectivity index (χ1v) is 6.22. The summed E-state index contributed by atoms with van der Waals surface area (Å²) < 4.78 is 0. The lowest BCUT2D eigenvalue weighted by molar-refractivity contribution is -0.117. The zero-order valence-electron chi connectivity index (χ0n) is 9.57. The van der Waals surface area contributed by atoms with E-state index in [1.807, 2.05) is 4.90 Å². The molecule has 1 unspecified atom stereocenters. The largest absolute Gasteiger partial charge is 0.354 e. The number of carbonyl (C=O) groups is 1. The maximum Gasteiger partial charge on any atom is 0.243 e. The van der Waals surface area contributed by atoms with Gasteiger partial charge in [-0.15, -0.1) is 0 Å². The minimum absolute atomic E-state index is 0.0861. The van der Waals surface area contributed by atoms with Crippen LogP contribution < -0.4 is 10.2 Å². The smallest absolute Gasteiger partial charge is 0.243 e. The van der Waals surface area contributed by atoms with Gasteiger partial charge in [0.15, 0.2) is 0 Å². The van der Waals surface area contributed by atoms with Crippen molar-refractivity contribution in [1.29, 1.82) is 0 Å². The molecule has 5 nitrogen and oxygen atoms in total. The third-order valence-corrected chi connectivity index (χ3v) is 3.06. The van der Waals surface area contributed by atoms with Crippen LogP contribution in [0.2, 0.25) is 10.4 Å². The number of halogens is 2. The van der Waals surface area contributed by atoms with Crippen molar-refractivity contribution < 1.29 is 4.79 Å². The third kappa shape index (κ3) is 3.11. The molecule has 18 heavy (non-hydrogen) atoms. The maximum absolute atomic E-state index is 11.2. The number of amides is 1. The van der Waals surface area contributed by atoms with Crippen molar-refractivity contribution in [1.82, 2.24) is 15.3 Å². The van der Waals surface area contributed by atoms with Crippen LogP contribution in [0.25, 0.3) is 0 Å². The molecule has 0 bridgehead atoms. The molecule has 7 heteroatoms. The highest BCUT2D eigenvalue weighted by atomic mass is 35.5. The van der Waals surface area contributed by atoms with Gasteiger partial charge in [0, 0.05) is 25.2 Å². The van der Waals surface area contributed by atoms with E-state index in [1.165, 1.54) is 6.08 Å². The normalized spacial score (nSPS) is 18.8. The molecule has 0 saturated carbocycles. The summed E-state index contributed by atoms with van der Waals surface area (Å²) in [5, 5.41) is 3.28. The second-order valence-corrected chi connectivity index (χ2v) is 4.69. The van der Waals surface area contributed by atoms with Crippen LogP contribution in [0.15, 0.2) is 18.7 Å². The molecule has 0 spiro atoms. The Morgan fingerprint density at radius 2 is 2.33 bits per heavy atom. The first-order chi connectivity index (χ1) is 8.58. The van der Waals surface area contributed by atoms with Gasteiger partial charge in [-0.3, -0.25) is 4.79 Å². The van der Waals surface area contributed by atoms with E-state index in [4.69, 9.17) is 23.2 Å². The van der Waals surface area contributed by atoms with E-state index < -0.39 is 0 Å². The molecule has 0 aliphatic carbocycles. The van der Waals surface area contributed by atoms with Crippen LogP contribution in [-0.2, 0) is 4.79 Å². The molecule has 1 amide bonds. The van der Waals surface area contributed by atoms with E-state index in [0.29, 0.717) is 17.5 Å². The topological polar surface area (TPSA) is 58.1 Å². The fourth-order valence-corrected chi connectivity index (χ4v) is 2.29. The predicted molar refractivity (Wildman–Crippen MR) is 71.0 cm³/mol. The van der Waals surface area contributed by atoms with Crippen molar-refractivity contribution in [2.24, 2.45) is 0 Å². The molecule has 0 radical (unpaired) electrons. The summed E-state index contributed by atoms with van der Waals surface area (Å²) in [5.41, 5.74) is 0. The molecule has 1 aromatic heterocycles. The zero-order chi connectivity index (χ0) is 13.1. The SMILES string of the molecule is C=CC(=O)NC1CCN(c2cc(Cl)nc(Cl)n2)C1. The number of anilines is 1. The highest BCUT2D eigenvalue weighted by Crippen LogP contribution is 2.22. The fourth-order valence-electron chi connectivity index (χ4n) is 1.89. The van der Waals surface area contributed by atoms with Crippen molar-refractivity contribution in [3.8, 4) is 0 Å². The quantitative estimate of drug-likeness (QED) is 0.522. The van der Waals surface area contributed by atoms with Crippen LogP contribution >= 0.6 is 23.2 Å². The van der Waals surface area contributed by atoms with E-state index in [0.717, 1.165) is 13.0 Å². The maximum atomic E-state index is 11.2. The molecule has 0 aromatic carbocycles. The second-order valence-electron chi connectivity index (χ2n) is 3.96. The van der Waals surface area contributed by atoms with E-state index in [1.54, 1.807) is 6.07 Å². The predicted octanol–water partition coefficient (Wildman–Crippen LogP) is 1.66. The molecule has 1 aliphatic heterocycles. The molecular formula is C11H12Cl2N4O. The Morgan fingerprint density at radius 3 is 3.00 bits per heavy atom. The van der Waals surface area contributed by atoms with Crippen molar-refractivity contribution in [3.05, 3.63) is 29.2 Å². The summed E-state index contributed by atoms with van der Waals surface area (Å²) in [6.45, 7) is 4.88. The van der Waals surface area contributed by atoms with Gasteiger partial charge in [0.25, 0.3) is 0 Å². The summed E-state index contributed by atoms with van der Waals surface area (Å²) >= 11 is 11.6. The van der Waals surface area contributed by atoms with E-state index in [9.17, 15) is 4.79 Å². The van der Waals surface area contributed by atoms with Gasteiger partial charge >= 0.3 is 0 Å². The lowest BCUT2D eigenvalue weighted by Crippen LogP contribution is -2.36. The number of rotatable bonds is 3. The molecule has 1 fully saturated rings. The van der Waals surface area contributed by atoms with Gasteiger partial charge in [-0.05, 0) is 24.1 Å². The molecule has 1 saturated heterocycles. The Hall–Kier alpha value is -1.33.